The molecular formula is C18H23NO3. The molecule has 0 bridgehead atoms. The van der Waals surface area contributed by atoms with E-state index in [1.807, 2.05) is 47.6 Å². The van der Waals surface area contributed by atoms with E-state index in [1.54, 1.807) is 23.1 Å². The van der Waals surface area contributed by atoms with Gasteiger partial charge in [0.2, 0.25) is 0 Å². The van der Waals surface area contributed by atoms with Crippen LogP contribution in [0.3, 0.4) is 0 Å². The Balaban J connectivity index is 2.55. The summed E-state index contributed by atoms with van der Waals surface area (Å²) < 4.78 is 5.55. The minimum Gasteiger partial charge on any atom is -0.443 e. The van der Waals surface area contributed by atoms with Crippen LogP contribution in [0.15, 0.2) is 24.3 Å². The van der Waals surface area contributed by atoms with Gasteiger partial charge in [-0.25, -0.2) is 4.79 Å². The molecule has 2 rings (SSSR count). The minimum atomic E-state index is -0.563. The van der Waals surface area contributed by atoms with E-state index in [1.165, 1.54) is 0 Å². The molecule has 118 valence electrons. The zero-order valence-corrected chi connectivity index (χ0v) is 14.1. The van der Waals surface area contributed by atoms with Crippen LogP contribution in [0.2, 0.25) is 0 Å². The van der Waals surface area contributed by atoms with Gasteiger partial charge >= 0.3 is 6.09 Å². The van der Waals surface area contributed by atoms with Crippen molar-refractivity contribution in [1.29, 1.82) is 0 Å². The average Bonchev–Trinajstić information content (AvgIpc) is 2.35. The van der Waals surface area contributed by atoms with Crippen molar-refractivity contribution in [2.75, 3.05) is 4.90 Å². The number of anilines is 1. The van der Waals surface area contributed by atoms with E-state index in [9.17, 15) is 9.59 Å². The van der Waals surface area contributed by atoms with Crippen molar-refractivity contribution in [3.8, 4) is 0 Å². The molecule has 1 aromatic rings. The molecule has 1 heterocycles. The molecule has 0 saturated heterocycles. The number of hydrogen-bond donors (Lipinski definition) is 0. The number of amides is 1. The van der Waals surface area contributed by atoms with Crippen molar-refractivity contribution in [3.63, 3.8) is 0 Å². The topological polar surface area (TPSA) is 46.6 Å². The normalized spacial score (nSPS) is 16.6. The average molecular weight is 301 g/mol. The second kappa shape index (κ2) is 5.27. The molecule has 0 aliphatic carbocycles. The molecule has 0 unspecified atom stereocenters. The standard InChI is InChI=1S/C18H23NO3/c1-12-10-18(5,6)19(16(21)22-17(2,3)4)15-8-7-13(11-20)9-14(12)15/h7-11H,1-6H3. The first-order valence-corrected chi connectivity index (χ1v) is 7.37. The Hall–Kier alpha value is -2.10. The van der Waals surface area contributed by atoms with E-state index in [0.29, 0.717) is 5.56 Å². The number of rotatable bonds is 1. The number of ether oxygens (including phenoxy) is 1. The second-order valence-electron chi connectivity index (χ2n) is 7.19. The first kappa shape index (κ1) is 16.3. The summed E-state index contributed by atoms with van der Waals surface area (Å²) in [5.74, 6) is 0. The molecule has 1 amide bonds. The van der Waals surface area contributed by atoms with Crippen LogP contribution in [-0.4, -0.2) is 23.5 Å². The lowest BCUT2D eigenvalue weighted by molar-refractivity contribution is 0.0556. The molecule has 1 aliphatic heterocycles. The smallest absolute Gasteiger partial charge is 0.415 e. The summed E-state index contributed by atoms with van der Waals surface area (Å²) in [7, 11) is 0. The zero-order chi connectivity index (χ0) is 16.7. The highest BCUT2D eigenvalue weighted by atomic mass is 16.6. The SMILES string of the molecule is CC1=CC(C)(C)N(C(=O)OC(C)(C)C)c2ccc(C=O)cc21. The van der Waals surface area contributed by atoms with Crippen molar-refractivity contribution in [2.45, 2.75) is 52.7 Å². The van der Waals surface area contributed by atoms with Gasteiger partial charge in [0.1, 0.15) is 11.9 Å². The summed E-state index contributed by atoms with van der Waals surface area (Å²) in [5.41, 5.74) is 2.23. The Morgan fingerprint density at radius 2 is 1.91 bits per heavy atom. The van der Waals surface area contributed by atoms with Gasteiger partial charge in [-0.15, -0.1) is 0 Å². The van der Waals surface area contributed by atoms with Gasteiger partial charge < -0.3 is 4.74 Å². The lowest BCUT2D eigenvalue weighted by Gasteiger charge is -2.41. The quantitative estimate of drug-likeness (QED) is 0.721. The van der Waals surface area contributed by atoms with Gasteiger partial charge in [0, 0.05) is 11.1 Å². The molecule has 0 spiro atoms. The predicted molar refractivity (Wildman–Crippen MR) is 88.3 cm³/mol. The number of benzene rings is 1. The summed E-state index contributed by atoms with van der Waals surface area (Å²) in [6, 6.07) is 5.33. The molecule has 0 saturated carbocycles. The molecule has 1 aromatic carbocycles. The third-order valence-corrected chi connectivity index (χ3v) is 3.54. The highest BCUT2D eigenvalue weighted by molar-refractivity contribution is 5.98. The predicted octanol–water partition coefficient (Wildman–Crippen LogP) is 4.44. The molecule has 22 heavy (non-hydrogen) atoms. The maximum atomic E-state index is 12.7. The van der Waals surface area contributed by atoms with E-state index in [-0.39, 0.29) is 6.09 Å². The lowest BCUT2D eigenvalue weighted by atomic mass is 9.88. The van der Waals surface area contributed by atoms with Crippen LogP contribution in [-0.2, 0) is 4.74 Å². The van der Waals surface area contributed by atoms with Gasteiger partial charge in [0.15, 0.2) is 0 Å². The van der Waals surface area contributed by atoms with Crippen molar-refractivity contribution in [3.05, 3.63) is 35.4 Å². The van der Waals surface area contributed by atoms with Crippen molar-refractivity contribution in [2.24, 2.45) is 0 Å². The summed E-state index contributed by atoms with van der Waals surface area (Å²) in [6.45, 7) is 11.5. The highest BCUT2D eigenvalue weighted by Crippen LogP contribution is 2.40. The van der Waals surface area contributed by atoms with Gasteiger partial charge in [-0.3, -0.25) is 9.69 Å². The van der Waals surface area contributed by atoms with Crippen molar-refractivity contribution < 1.29 is 14.3 Å². The lowest BCUT2D eigenvalue weighted by Crippen LogP contribution is -2.50. The third kappa shape index (κ3) is 3.06. The monoisotopic (exact) mass is 301 g/mol. The third-order valence-electron chi connectivity index (χ3n) is 3.54. The van der Waals surface area contributed by atoms with Crippen LogP contribution in [0.1, 0.15) is 57.5 Å². The Labute approximate surface area is 131 Å². The van der Waals surface area contributed by atoms with Crippen LogP contribution in [0.4, 0.5) is 10.5 Å². The number of carbonyl (C=O) groups excluding carboxylic acids is 2. The molecule has 4 heteroatoms. The maximum Gasteiger partial charge on any atom is 0.415 e. The molecule has 0 fully saturated rings. The van der Waals surface area contributed by atoms with E-state index in [4.69, 9.17) is 4.74 Å². The Bertz CT molecular complexity index is 651. The van der Waals surface area contributed by atoms with Crippen LogP contribution >= 0.6 is 0 Å². The van der Waals surface area contributed by atoms with Gasteiger partial charge in [-0.05, 0) is 65.3 Å². The van der Waals surface area contributed by atoms with Gasteiger partial charge in [-0.1, -0.05) is 6.08 Å². The molecular weight excluding hydrogens is 278 g/mol. The summed E-state index contributed by atoms with van der Waals surface area (Å²) in [5, 5.41) is 0. The van der Waals surface area contributed by atoms with Crippen LogP contribution in [0, 0.1) is 0 Å². The van der Waals surface area contributed by atoms with E-state index in [0.717, 1.165) is 23.1 Å². The summed E-state index contributed by atoms with van der Waals surface area (Å²) in [6.07, 6.45) is 2.44. The Morgan fingerprint density at radius 3 is 2.45 bits per heavy atom. The molecule has 0 radical (unpaired) electrons. The number of carbonyl (C=O) groups is 2. The molecule has 4 nitrogen and oxygen atoms in total. The fraction of sp³-hybridized carbons (Fsp3) is 0.444. The number of nitrogens with zero attached hydrogens (tertiary/aromatic N) is 1. The largest absolute Gasteiger partial charge is 0.443 e. The summed E-state index contributed by atoms with van der Waals surface area (Å²) in [4.78, 5) is 25.3. The summed E-state index contributed by atoms with van der Waals surface area (Å²) >= 11 is 0. The molecule has 0 atom stereocenters. The molecule has 1 aliphatic rings. The molecule has 0 N–H and O–H groups in total. The minimum absolute atomic E-state index is 0.388. The van der Waals surface area contributed by atoms with Crippen LogP contribution in [0.25, 0.3) is 5.57 Å². The van der Waals surface area contributed by atoms with Gasteiger partial charge in [0.25, 0.3) is 0 Å². The number of hydrogen-bond acceptors (Lipinski definition) is 3. The van der Waals surface area contributed by atoms with E-state index in [2.05, 4.69) is 0 Å². The fourth-order valence-corrected chi connectivity index (χ4v) is 2.76. The first-order valence-electron chi connectivity index (χ1n) is 7.37. The fourth-order valence-electron chi connectivity index (χ4n) is 2.76. The molecule has 0 aromatic heterocycles. The number of fused-ring (bicyclic) bond motifs is 1. The van der Waals surface area contributed by atoms with Crippen LogP contribution < -0.4 is 4.90 Å². The van der Waals surface area contributed by atoms with E-state index >= 15 is 0 Å². The highest BCUT2D eigenvalue weighted by Gasteiger charge is 2.38. The first-order chi connectivity index (χ1) is 10.0. The number of aldehydes is 1. The second-order valence-corrected chi connectivity index (χ2v) is 7.19. The van der Waals surface area contributed by atoms with Crippen LogP contribution in [0.5, 0.6) is 0 Å². The van der Waals surface area contributed by atoms with Gasteiger partial charge in [-0.2, -0.15) is 0 Å². The Morgan fingerprint density at radius 1 is 1.27 bits per heavy atom. The van der Waals surface area contributed by atoms with Crippen molar-refractivity contribution >= 4 is 23.6 Å². The maximum absolute atomic E-state index is 12.7. The number of allylic oxidation sites excluding steroid dienone is 1. The zero-order valence-electron chi connectivity index (χ0n) is 14.1. The van der Waals surface area contributed by atoms with Crippen molar-refractivity contribution in [1.82, 2.24) is 0 Å². The van der Waals surface area contributed by atoms with E-state index < -0.39 is 11.1 Å². The van der Waals surface area contributed by atoms with Gasteiger partial charge in [0.05, 0.1) is 11.2 Å². The Kier molecular flexibility index (Phi) is 3.90.